The molecule has 2 aromatic rings. The molecule has 0 N–H and O–H groups in total. The van der Waals surface area contributed by atoms with Crippen LogP contribution in [0.4, 0.5) is 0 Å². The van der Waals surface area contributed by atoms with Crippen molar-refractivity contribution in [3.05, 3.63) is 70.3 Å². The Labute approximate surface area is 183 Å². The molecule has 1 saturated heterocycles. The number of nitrogens with zero attached hydrogens (tertiary/aromatic N) is 2. The number of benzene rings is 2. The zero-order chi connectivity index (χ0) is 20.9. The number of likely N-dealkylation sites (tertiary alicyclic amines) is 1. The molecule has 0 aromatic heterocycles. The highest BCUT2D eigenvalue weighted by Gasteiger charge is 2.65. The Balaban J connectivity index is 1.50. The molecule has 0 unspecified atom stereocenters. The number of rotatable bonds is 1. The lowest BCUT2D eigenvalue weighted by molar-refractivity contribution is 0.0202. The minimum atomic E-state index is -0.110. The first-order chi connectivity index (χ1) is 15.2. The molecule has 0 radical (unpaired) electrons. The number of methoxy groups -OCH3 is 1. The Morgan fingerprint density at radius 2 is 2.03 bits per heavy atom. The van der Waals surface area contributed by atoms with E-state index in [1.165, 1.54) is 27.8 Å². The van der Waals surface area contributed by atoms with Crippen LogP contribution in [0.3, 0.4) is 0 Å². The minimum absolute atomic E-state index is 0.0674. The fraction of sp³-hybridized carbons (Fsp3) is 0.444. The number of likely N-dealkylation sites (N-methyl/N-ethyl adjacent to an activating group) is 1. The zero-order valence-corrected chi connectivity index (χ0v) is 18.0. The molecule has 3 aliphatic carbocycles. The number of hydrogen-bond acceptors (Lipinski definition) is 4. The third-order valence-corrected chi connectivity index (χ3v) is 8.91. The van der Waals surface area contributed by atoms with E-state index >= 15 is 0 Å². The molecule has 2 heterocycles. The normalized spacial score (nSPS) is 36.3. The van der Waals surface area contributed by atoms with Crippen molar-refractivity contribution in [1.82, 2.24) is 4.90 Å². The van der Waals surface area contributed by atoms with Crippen molar-refractivity contribution in [3.8, 4) is 17.6 Å². The van der Waals surface area contributed by atoms with Crippen LogP contribution in [0.1, 0.15) is 34.6 Å². The number of nitriles is 1. The lowest BCUT2D eigenvalue weighted by Crippen LogP contribution is -2.62. The zero-order valence-electron chi connectivity index (χ0n) is 18.0. The van der Waals surface area contributed by atoms with Crippen LogP contribution in [0.5, 0.6) is 11.5 Å². The second-order valence-electron chi connectivity index (χ2n) is 9.96. The van der Waals surface area contributed by atoms with E-state index in [2.05, 4.69) is 60.5 Å². The van der Waals surface area contributed by atoms with E-state index in [4.69, 9.17) is 9.47 Å². The van der Waals surface area contributed by atoms with Crippen LogP contribution in [0.15, 0.2) is 48.0 Å². The van der Waals surface area contributed by atoms with Gasteiger partial charge in [-0.05, 0) is 61.2 Å². The van der Waals surface area contributed by atoms with Gasteiger partial charge in [-0.2, -0.15) is 5.26 Å². The van der Waals surface area contributed by atoms with Gasteiger partial charge in [-0.15, -0.1) is 0 Å². The molecule has 6 atom stereocenters. The predicted molar refractivity (Wildman–Crippen MR) is 117 cm³/mol. The standard InChI is InChI=1S/C27H26N2O2/c1-29-10-9-27-21-13-18-19(11-15-5-3-4-6-17(15)20(18)14-28)26(27)31-25-23(30-2)8-7-16(24(25)27)12-22(21)29/h3-8,13,18-20,22,26H,9-12H2,1-2H3/t18-,19-,20-,22-,26+,27+/m1/s1. The molecule has 1 fully saturated rings. The van der Waals surface area contributed by atoms with E-state index in [1.807, 2.05) is 0 Å². The predicted octanol–water partition coefficient (Wildman–Crippen LogP) is 3.99. The summed E-state index contributed by atoms with van der Waals surface area (Å²) < 4.78 is 12.7. The maximum Gasteiger partial charge on any atom is 0.166 e. The van der Waals surface area contributed by atoms with Crippen molar-refractivity contribution in [2.75, 3.05) is 20.7 Å². The Morgan fingerprint density at radius 1 is 1.16 bits per heavy atom. The van der Waals surface area contributed by atoms with Crippen LogP contribution in [0.25, 0.3) is 0 Å². The largest absolute Gasteiger partial charge is 0.493 e. The van der Waals surface area contributed by atoms with Gasteiger partial charge >= 0.3 is 0 Å². The second-order valence-corrected chi connectivity index (χ2v) is 9.96. The molecular weight excluding hydrogens is 384 g/mol. The Bertz CT molecular complexity index is 1190. The van der Waals surface area contributed by atoms with Crippen LogP contribution >= 0.6 is 0 Å². The van der Waals surface area contributed by atoms with Gasteiger partial charge in [-0.1, -0.05) is 36.4 Å². The molecule has 31 heavy (non-hydrogen) atoms. The van der Waals surface area contributed by atoms with Crippen LogP contribution in [-0.2, 0) is 18.3 Å². The highest BCUT2D eigenvalue weighted by molar-refractivity contribution is 5.66. The second kappa shape index (κ2) is 5.93. The average Bonchev–Trinajstić information content (AvgIpc) is 3.15. The lowest BCUT2D eigenvalue weighted by atomic mass is 9.50. The Morgan fingerprint density at radius 3 is 2.87 bits per heavy atom. The van der Waals surface area contributed by atoms with Gasteiger partial charge in [0.15, 0.2) is 11.5 Å². The van der Waals surface area contributed by atoms with E-state index < -0.39 is 0 Å². The maximum absolute atomic E-state index is 10.2. The number of hydrogen-bond donors (Lipinski definition) is 0. The Hall–Kier alpha value is -2.77. The highest BCUT2D eigenvalue weighted by Crippen LogP contribution is 2.65. The highest BCUT2D eigenvalue weighted by atomic mass is 16.5. The molecule has 4 nitrogen and oxygen atoms in total. The van der Waals surface area contributed by atoms with E-state index in [9.17, 15) is 5.26 Å². The molecule has 2 bridgehead atoms. The molecule has 1 spiro atoms. The average molecular weight is 411 g/mol. The van der Waals surface area contributed by atoms with Gasteiger partial charge in [0.25, 0.3) is 0 Å². The van der Waals surface area contributed by atoms with Gasteiger partial charge in [0.2, 0.25) is 0 Å². The first-order valence-electron chi connectivity index (χ1n) is 11.4. The van der Waals surface area contributed by atoms with Crippen LogP contribution in [-0.4, -0.2) is 37.7 Å². The summed E-state index contributed by atoms with van der Waals surface area (Å²) in [7, 11) is 3.99. The number of fused-ring (bicyclic) bond motifs is 3. The van der Waals surface area contributed by atoms with E-state index in [-0.39, 0.29) is 23.4 Å². The molecule has 2 aliphatic heterocycles. The molecular formula is C27H26N2O2. The van der Waals surface area contributed by atoms with Gasteiger partial charge in [-0.3, -0.25) is 4.90 Å². The summed E-state index contributed by atoms with van der Waals surface area (Å²) in [5.74, 6) is 2.21. The van der Waals surface area contributed by atoms with E-state index in [1.54, 1.807) is 7.11 Å². The molecule has 2 aromatic carbocycles. The van der Waals surface area contributed by atoms with Crippen molar-refractivity contribution in [3.63, 3.8) is 0 Å². The van der Waals surface area contributed by atoms with Crippen molar-refractivity contribution in [2.24, 2.45) is 11.8 Å². The SMILES string of the molecule is COc1ccc2c3c1O[C@H]1[C@@H]4Cc5ccccc5[C@@H](C#N)[C@@H]4C=C4[C@@H](C2)N(C)CC[C@]431. The maximum atomic E-state index is 10.2. The van der Waals surface area contributed by atoms with Crippen LogP contribution < -0.4 is 9.47 Å². The molecule has 4 heteroatoms. The summed E-state index contributed by atoms with van der Waals surface area (Å²) in [6.07, 6.45) is 5.65. The van der Waals surface area contributed by atoms with Gasteiger partial charge in [0.1, 0.15) is 6.10 Å². The van der Waals surface area contributed by atoms with Gasteiger partial charge in [-0.25, -0.2) is 0 Å². The summed E-state index contributed by atoms with van der Waals surface area (Å²) in [5, 5.41) is 10.2. The van der Waals surface area contributed by atoms with E-state index in [0.29, 0.717) is 12.0 Å². The molecule has 156 valence electrons. The van der Waals surface area contributed by atoms with Gasteiger partial charge < -0.3 is 9.47 Å². The molecule has 7 rings (SSSR count). The molecule has 5 aliphatic rings. The quantitative estimate of drug-likeness (QED) is 0.667. The monoisotopic (exact) mass is 410 g/mol. The van der Waals surface area contributed by atoms with Crippen molar-refractivity contribution < 1.29 is 9.47 Å². The fourth-order valence-electron chi connectivity index (χ4n) is 7.62. The van der Waals surface area contributed by atoms with Gasteiger partial charge in [0.05, 0.1) is 24.5 Å². The van der Waals surface area contributed by atoms with Crippen LogP contribution in [0, 0.1) is 23.2 Å². The Kier molecular flexibility index (Phi) is 3.41. The van der Waals surface area contributed by atoms with Crippen molar-refractivity contribution in [1.29, 1.82) is 5.26 Å². The summed E-state index contributed by atoms with van der Waals surface area (Å²) in [5.41, 5.74) is 6.77. The number of ether oxygens (including phenoxy) is 2. The summed E-state index contributed by atoms with van der Waals surface area (Å²) in [4.78, 5) is 2.51. The van der Waals surface area contributed by atoms with Crippen LogP contribution in [0.2, 0.25) is 0 Å². The third-order valence-electron chi connectivity index (χ3n) is 8.91. The number of piperidine rings is 1. The summed E-state index contributed by atoms with van der Waals surface area (Å²) in [6.45, 7) is 1.08. The fourth-order valence-corrected chi connectivity index (χ4v) is 7.62. The van der Waals surface area contributed by atoms with Crippen molar-refractivity contribution in [2.45, 2.75) is 42.7 Å². The van der Waals surface area contributed by atoms with Crippen molar-refractivity contribution >= 4 is 0 Å². The van der Waals surface area contributed by atoms with Gasteiger partial charge in [0, 0.05) is 23.4 Å². The summed E-state index contributed by atoms with van der Waals surface area (Å²) in [6, 6.07) is 16.0. The van der Waals surface area contributed by atoms with E-state index in [0.717, 1.165) is 37.3 Å². The third kappa shape index (κ3) is 1.99. The first kappa shape index (κ1) is 17.9. The molecule has 0 amide bonds. The topological polar surface area (TPSA) is 45.5 Å². The lowest BCUT2D eigenvalue weighted by Gasteiger charge is -2.57. The minimum Gasteiger partial charge on any atom is -0.493 e. The summed E-state index contributed by atoms with van der Waals surface area (Å²) >= 11 is 0. The first-order valence-corrected chi connectivity index (χ1v) is 11.4. The number of allylic oxidation sites excluding steroid dienone is 1. The smallest absolute Gasteiger partial charge is 0.166 e. The molecule has 0 saturated carbocycles.